The summed E-state index contributed by atoms with van der Waals surface area (Å²) >= 11 is 7.60. The molecule has 0 spiro atoms. The van der Waals surface area contributed by atoms with Crippen molar-refractivity contribution in [2.24, 2.45) is 0 Å². The highest BCUT2D eigenvalue weighted by Gasteiger charge is 2.30. The quantitative estimate of drug-likeness (QED) is 0.0529. The second-order valence-corrected chi connectivity index (χ2v) is 11.4. The predicted octanol–water partition coefficient (Wildman–Crippen LogP) is 6.65. The Morgan fingerprint density at radius 3 is 2.41 bits per heavy atom. The van der Waals surface area contributed by atoms with E-state index in [2.05, 4.69) is 10.6 Å². The van der Waals surface area contributed by atoms with Crippen LogP contribution in [-0.2, 0) is 23.1 Å². The van der Waals surface area contributed by atoms with E-state index in [4.69, 9.17) is 22.1 Å². The lowest BCUT2D eigenvalue weighted by molar-refractivity contribution is -0.496. The number of carbonyl (C=O) groups is 3. The van der Waals surface area contributed by atoms with Crippen LogP contribution in [0.15, 0.2) is 108 Å². The molecule has 0 aromatic heterocycles. The minimum Gasteiger partial charge on any atom is -0.481 e. The molecule has 0 unspecified atom stereocenters. The van der Waals surface area contributed by atoms with Crippen molar-refractivity contribution in [3.05, 3.63) is 136 Å². The summed E-state index contributed by atoms with van der Waals surface area (Å²) in [6, 6.07) is 23.1. The number of rotatable bonds is 11. The number of carboxylic acids is 1. The monoisotopic (exact) mass is 667 g/mol. The van der Waals surface area contributed by atoms with Crippen LogP contribution in [0.5, 0.6) is 0 Å². The van der Waals surface area contributed by atoms with E-state index in [1.165, 1.54) is 59.7 Å². The molecule has 0 radical (unpaired) electrons. The standard InChI is InChI=1S/C33H26ClF3N4O4S/c34-24-10-11-28(27(18-24)32(45)41-29(38)12-13-39-25-8-3-7-23(17-25)33(35,36)37)40-31(44)22-6-1-5-21(14-22)19-46-26-9-2-4-20(15-26)16-30(42)43/h1-15,17-18,39H,16,19H2,(H,40,44)(H,42,43)(H2,38,41,45)/p+1/b13-12-. The van der Waals surface area contributed by atoms with Gasteiger partial charge in [0.1, 0.15) is 17.7 Å². The summed E-state index contributed by atoms with van der Waals surface area (Å²) in [6.45, 7) is 0. The maximum Gasteiger partial charge on any atom is 0.416 e. The third-order valence-corrected chi connectivity index (χ3v) is 7.64. The summed E-state index contributed by atoms with van der Waals surface area (Å²) in [6.07, 6.45) is -2.03. The van der Waals surface area contributed by atoms with Gasteiger partial charge in [-0.25, -0.2) is 0 Å². The van der Waals surface area contributed by atoms with Crippen LogP contribution in [0.3, 0.4) is 0 Å². The van der Waals surface area contributed by atoms with E-state index < -0.39 is 29.5 Å². The zero-order valence-corrected chi connectivity index (χ0v) is 25.5. The Hall–Kier alpha value is -4.91. The van der Waals surface area contributed by atoms with Gasteiger partial charge < -0.3 is 15.7 Å². The lowest BCUT2D eigenvalue weighted by Crippen LogP contribution is -2.71. The Bertz CT molecular complexity index is 1810. The van der Waals surface area contributed by atoms with Crippen molar-refractivity contribution in [1.29, 1.82) is 5.41 Å². The number of alkyl halides is 3. The van der Waals surface area contributed by atoms with Gasteiger partial charge in [-0.15, -0.1) is 11.8 Å². The molecule has 46 heavy (non-hydrogen) atoms. The van der Waals surface area contributed by atoms with E-state index in [9.17, 15) is 27.6 Å². The number of quaternary nitrogens is 1. The molecule has 4 rings (SSSR count). The Morgan fingerprint density at radius 2 is 1.65 bits per heavy atom. The van der Waals surface area contributed by atoms with E-state index >= 15 is 0 Å². The second kappa shape index (κ2) is 15.4. The zero-order valence-electron chi connectivity index (χ0n) is 23.9. The molecule has 0 bridgehead atoms. The molecule has 4 aromatic rings. The Morgan fingerprint density at radius 1 is 0.913 bits per heavy atom. The first-order valence-corrected chi connectivity index (χ1v) is 15.0. The molecule has 2 amide bonds. The number of thioether (sulfide) groups is 1. The van der Waals surface area contributed by atoms with E-state index in [-0.39, 0.29) is 34.2 Å². The number of carbonyl (C=O) groups excluding carboxylic acids is 2. The number of amides is 2. The van der Waals surface area contributed by atoms with Crippen LogP contribution in [0.1, 0.15) is 37.4 Å². The molecule has 0 saturated heterocycles. The molecule has 0 fully saturated rings. The number of hydrogen-bond donors (Lipinski definition) is 5. The molecule has 236 valence electrons. The van der Waals surface area contributed by atoms with Crippen molar-refractivity contribution in [3.8, 4) is 0 Å². The molecule has 0 aliphatic carbocycles. The minimum absolute atomic E-state index is 0.00573. The maximum atomic E-state index is 13.2. The third-order valence-electron chi connectivity index (χ3n) is 6.34. The summed E-state index contributed by atoms with van der Waals surface area (Å²) in [5.41, 5.74) is 1.46. The lowest BCUT2D eigenvalue weighted by Gasteiger charge is -2.12. The Balaban J connectivity index is 1.39. The Kier molecular flexibility index (Phi) is 11.4. The largest absolute Gasteiger partial charge is 0.481 e. The lowest BCUT2D eigenvalue weighted by atomic mass is 10.1. The normalized spacial score (nSPS) is 11.3. The van der Waals surface area contributed by atoms with Crippen LogP contribution < -0.4 is 16.0 Å². The van der Waals surface area contributed by atoms with Gasteiger partial charge >= 0.3 is 12.1 Å². The molecule has 0 atom stereocenters. The van der Waals surface area contributed by atoms with E-state index in [1.54, 1.807) is 30.3 Å². The molecule has 0 heterocycles. The predicted molar refractivity (Wildman–Crippen MR) is 171 cm³/mol. The number of nitrogens with one attached hydrogen (secondary N) is 3. The average molecular weight is 668 g/mol. The van der Waals surface area contributed by atoms with Crippen LogP contribution >= 0.6 is 23.4 Å². The SMILES string of the molecule is N=C(/C=C\[NH2+]c1cccc(C(F)(F)F)c1)NC(=O)c1cc(Cl)ccc1NC(=O)c1cccc(CSc2cccc(CC(=O)O)c2)c1. The molecule has 8 nitrogen and oxygen atoms in total. The Labute approximate surface area is 271 Å². The van der Waals surface area contributed by atoms with Gasteiger partial charge in [-0.1, -0.05) is 41.9 Å². The summed E-state index contributed by atoms with van der Waals surface area (Å²) in [5, 5.41) is 23.8. The number of carboxylic acid groups (broad SMARTS) is 1. The van der Waals surface area contributed by atoms with E-state index in [1.807, 2.05) is 18.2 Å². The average Bonchev–Trinajstić information content (AvgIpc) is 3.00. The molecule has 0 saturated carbocycles. The summed E-state index contributed by atoms with van der Waals surface area (Å²) in [4.78, 5) is 38.1. The fraction of sp³-hybridized carbons (Fsp3) is 0.0909. The number of hydrogen-bond acceptors (Lipinski definition) is 5. The van der Waals surface area contributed by atoms with Crippen LogP contribution in [0.2, 0.25) is 5.02 Å². The van der Waals surface area contributed by atoms with Crippen LogP contribution in [0.25, 0.3) is 0 Å². The number of aliphatic carboxylic acids is 1. The number of nitrogens with two attached hydrogens (primary N) is 1. The highest BCUT2D eigenvalue weighted by Crippen LogP contribution is 2.30. The maximum absolute atomic E-state index is 13.2. The number of anilines is 1. The molecule has 13 heteroatoms. The molecule has 4 aromatic carbocycles. The van der Waals surface area contributed by atoms with Gasteiger partial charge in [-0.3, -0.25) is 25.1 Å². The fourth-order valence-corrected chi connectivity index (χ4v) is 5.30. The second-order valence-electron chi connectivity index (χ2n) is 9.87. The van der Waals surface area contributed by atoms with Gasteiger partial charge in [-0.05, 0) is 65.7 Å². The van der Waals surface area contributed by atoms with Gasteiger partial charge in [0.15, 0.2) is 0 Å². The van der Waals surface area contributed by atoms with Gasteiger partial charge in [0, 0.05) is 33.4 Å². The van der Waals surface area contributed by atoms with Crippen molar-refractivity contribution in [2.75, 3.05) is 5.32 Å². The van der Waals surface area contributed by atoms with Crippen molar-refractivity contribution in [1.82, 2.24) is 5.32 Å². The third kappa shape index (κ3) is 10.1. The number of halogens is 4. The van der Waals surface area contributed by atoms with Gasteiger partial charge in [0.25, 0.3) is 11.8 Å². The molecular weight excluding hydrogens is 641 g/mol. The number of benzene rings is 4. The molecule has 0 aliphatic heterocycles. The van der Waals surface area contributed by atoms with Crippen LogP contribution in [0, 0.1) is 5.41 Å². The fourth-order valence-electron chi connectivity index (χ4n) is 4.20. The summed E-state index contributed by atoms with van der Waals surface area (Å²) < 4.78 is 38.8. The highest BCUT2D eigenvalue weighted by atomic mass is 35.5. The van der Waals surface area contributed by atoms with Gasteiger partial charge in [0.05, 0.1) is 23.2 Å². The molecular formula is C33H27ClF3N4O4S+. The van der Waals surface area contributed by atoms with Gasteiger partial charge in [-0.2, -0.15) is 13.2 Å². The van der Waals surface area contributed by atoms with Crippen LogP contribution in [0.4, 0.5) is 24.5 Å². The van der Waals surface area contributed by atoms with E-state index in [0.717, 1.165) is 22.6 Å². The van der Waals surface area contributed by atoms with Crippen molar-refractivity contribution in [3.63, 3.8) is 0 Å². The minimum atomic E-state index is -4.49. The summed E-state index contributed by atoms with van der Waals surface area (Å²) in [7, 11) is 0. The molecule has 0 aliphatic rings. The first kappa shape index (κ1) is 34.0. The first-order chi connectivity index (χ1) is 21.9. The first-order valence-electron chi connectivity index (χ1n) is 13.6. The highest BCUT2D eigenvalue weighted by molar-refractivity contribution is 7.98. The number of amidine groups is 1. The topological polar surface area (TPSA) is 136 Å². The summed E-state index contributed by atoms with van der Waals surface area (Å²) in [5.74, 6) is -1.96. The van der Waals surface area contributed by atoms with Crippen molar-refractivity contribution in [2.45, 2.75) is 23.2 Å². The smallest absolute Gasteiger partial charge is 0.416 e. The van der Waals surface area contributed by atoms with E-state index in [0.29, 0.717) is 16.9 Å². The van der Waals surface area contributed by atoms with Crippen molar-refractivity contribution < 1.29 is 38.0 Å². The molecule has 6 N–H and O–H groups in total. The van der Waals surface area contributed by atoms with Crippen molar-refractivity contribution >= 4 is 58.4 Å². The van der Waals surface area contributed by atoms with Gasteiger partial charge in [0.2, 0.25) is 0 Å². The van der Waals surface area contributed by atoms with Crippen LogP contribution in [-0.4, -0.2) is 28.7 Å². The zero-order chi connectivity index (χ0) is 33.3.